The van der Waals surface area contributed by atoms with Crippen LogP contribution in [0.4, 0.5) is 0 Å². The highest BCUT2D eigenvalue weighted by Gasteiger charge is 2.20. The van der Waals surface area contributed by atoms with Gasteiger partial charge in [-0.1, -0.05) is 59.6 Å². The molecular weight excluding hydrogens is 532 g/mol. The molecule has 5 rings (SSSR count). The Kier molecular flexibility index (Phi) is 7.46. The van der Waals surface area contributed by atoms with Crippen LogP contribution in [-0.4, -0.2) is 19.3 Å². The number of sulfonamides is 1. The van der Waals surface area contributed by atoms with E-state index in [-0.39, 0.29) is 10.5 Å². The number of benzene rings is 4. The van der Waals surface area contributed by atoms with Gasteiger partial charge in [-0.15, -0.1) is 0 Å². The third kappa shape index (κ3) is 6.00. The van der Waals surface area contributed by atoms with Crippen LogP contribution >= 0.6 is 11.6 Å². The number of para-hydroxylation sites is 1. The minimum absolute atomic E-state index is 0.0352. The summed E-state index contributed by atoms with van der Waals surface area (Å²) in [7, 11) is -4.00. The molecule has 0 saturated carbocycles. The molecule has 0 spiro atoms. The van der Waals surface area contributed by atoms with Gasteiger partial charge in [0.2, 0.25) is 0 Å². The van der Waals surface area contributed by atoms with Gasteiger partial charge in [0.25, 0.3) is 15.9 Å². The number of carbonyl (C=O) groups excluding carboxylic acids is 1. The summed E-state index contributed by atoms with van der Waals surface area (Å²) in [5, 5.41) is 1.46. The van der Waals surface area contributed by atoms with Crippen molar-refractivity contribution in [2.24, 2.45) is 0 Å². The molecule has 0 saturated heterocycles. The lowest BCUT2D eigenvalue weighted by atomic mass is 9.99. The number of hydrogen-bond donors (Lipinski definition) is 2. The third-order valence-electron chi connectivity index (χ3n) is 6.57. The maximum atomic E-state index is 12.9. The number of amides is 1. The molecule has 0 radical (unpaired) electrons. The van der Waals surface area contributed by atoms with Gasteiger partial charge >= 0.3 is 0 Å². The molecular formula is C31H27ClN2O4S. The number of ether oxygens (including phenoxy) is 1. The van der Waals surface area contributed by atoms with E-state index in [2.05, 4.69) is 9.71 Å². The number of halogens is 1. The normalized spacial score (nSPS) is 11.5. The van der Waals surface area contributed by atoms with Crippen LogP contribution in [0.3, 0.4) is 0 Å². The lowest BCUT2D eigenvalue weighted by molar-refractivity contribution is 0.0981. The zero-order valence-electron chi connectivity index (χ0n) is 21.5. The standard InChI is InChI=1S/C31H27ClN2O4S/c1-20-8-13-26(14-9-20)39(36,37)34-31(35)24-12-15-30-28(18-24)27(21(2)33-30)17-23-11-10-22(16-29(23)32)19-38-25-6-4-3-5-7-25/h3-16,18,33H,17,19H2,1-2H3,(H,34,35). The topological polar surface area (TPSA) is 88.3 Å². The fraction of sp³-hybridized carbons (Fsp3) is 0.129. The first-order valence-corrected chi connectivity index (χ1v) is 14.3. The number of rotatable bonds is 8. The van der Waals surface area contributed by atoms with Gasteiger partial charge in [0.1, 0.15) is 12.4 Å². The molecule has 2 N–H and O–H groups in total. The number of aryl methyl sites for hydroxylation is 2. The van der Waals surface area contributed by atoms with Crippen LogP contribution in [-0.2, 0) is 23.1 Å². The Morgan fingerprint density at radius 3 is 2.38 bits per heavy atom. The lowest BCUT2D eigenvalue weighted by Gasteiger charge is -2.10. The average molecular weight is 559 g/mol. The number of fused-ring (bicyclic) bond motifs is 1. The second-order valence-electron chi connectivity index (χ2n) is 9.44. The Hall–Kier alpha value is -4.07. The van der Waals surface area contributed by atoms with Crippen molar-refractivity contribution in [2.75, 3.05) is 0 Å². The molecule has 198 valence electrons. The van der Waals surface area contributed by atoms with Gasteiger partial charge in [-0.2, -0.15) is 0 Å². The van der Waals surface area contributed by atoms with Crippen molar-refractivity contribution in [3.8, 4) is 5.75 Å². The summed E-state index contributed by atoms with van der Waals surface area (Å²) in [6.07, 6.45) is 0.539. The van der Waals surface area contributed by atoms with E-state index in [0.29, 0.717) is 18.1 Å². The van der Waals surface area contributed by atoms with Gasteiger partial charge in [0, 0.05) is 33.6 Å². The molecule has 0 atom stereocenters. The molecule has 8 heteroatoms. The second kappa shape index (κ2) is 11.0. The first kappa shape index (κ1) is 26.5. The molecule has 0 bridgehead atoms. The number of nitrogens with one attached hydrogen (secondary N) is 2. The van der Waals surface area contributed by atoms with Gasteiger partial charge < -0.3 is 9.72 Å². The highest BCUT2D eigenvalue weighted by Crippen LogP contribution is 2.29. The van der Waals surface area contributed by atoms with Crippen molar-refractivity contribution in [1.29, 1.82) is 0 Å². The maximum Gasteiger partial charge on any atom is 0.265 e. The molecule has 0 aliphatic heterocycles. The van der Waals surface area contributed by atoms with Crippen molar-refractivity contribution in [3.05, 3.63) is 130 Å². The van der Waals surface area contributed by atoms with Crippen molar-refractivity contribution in [2.45, 2.75) is 31.8 Å². The summed E-state index contributed by atoms with van der Waals surface area (Å²) >= 11 is 6.66. The van der Waals surface area contributed by atoms with Crippen LogP contribution < -0.4 is 9.46 Å². The molecule has 1 aromatic heterocycles. The highest BCUT2D eigenvalue weighted by atomic mass is 35.5. The number of hydrogen-bond acceptors (Lipinski definition) is 4. The number of aromatic amines is 1. The van der Waals surface area contributed by atoms with Gasteiger partial charge in [-0.25, -0.2) is 13.1 Å². The first-order valence-electron chi connectivity index (χ1n) is 12.4. The van der Waals surface area contributed by atoms with E-state index < -0.39 is 15.9 Å². The van der Waals surface area contributed by atoms with Gasteiger partial charge in [-0.05, 0) is 79.1 Å². The molecule has 5 aromatic rings. The fourth-order valence-electron chi connectivity index (χ4n) is 4.41. The zero-order chi connectivity index (χ0) is 27.6. The Morgan fingerprint density at radius 2 is 1.67 bits per heavy atom. The van der Waals surface area contributed by atoms with E-state index in [9.17, 15) is 13.2 Å². The molecule has 0 unspecified atom stereocenters. The summed E-state index contributed by atoms with van der Waals surface area (Å²) < 4.78 is 33.5. The van der Waals surface area contributed by atoms with Crippen LogP contribution in [0.15, 0.2) is 95.9 Å². The predicted molar refractivity (Wildman–Crippen MR) is 154 cm³/mol. The zero-order valence-corrected chi connectivity index (χ0v) is 23.1. The summed E-state index contributed by atoms with van der Waals surface area (Å²) in [4.78, 5) is 16.3. The Balaban J connectivity index is 1.36. The van der Waals surface area contributed by atoms with E-state index in [1.165, 1.54) is 12.1 Å². The van der Waals surface area contributed by atoms with Crippen LogP contribution in [0, 0.1) is 13.8 Å². The molecule has 0 aliphatic rings. The molecule has 0 fully saturated rings. The SMILES string of the molecule is Cc1ccc(S(=O)(=O)NC(=O)c2ccc3[nH]c(C)c(Cc4ccc(COc5ccccc5)cc4Cl)c3c2)cc1. The minimum atomic E-state index is -4.00. The molecule has 0 aliphatic carbocycles. The smallest absolute Gasteiger partial charge is 0.265 e. The predicted octanol–water partition coefficient (Wildman–Crippen LogP) is 6.73. The maximum absolute atomic E-state index is 12.9. The molecule has 39 heavy (non-hydrogen) atoms. The third-order valence-corrected chi connectivity index (χ3v) is 8.27. The van der Waals surface area contributed by atoms with Crippen LogP contribution in [0.2, 0.25) is 5.02 Å². The van der Waals surface area contributed by atoms with Crippen LogP contribution in [0.1, 0.15) is 38.3 Å². The number of aromatic nitrogens is 1. The van der Waals surface area contributed by atoms with E-state index >= 15 is 0 Å². The molecule has 4 aromatic carbocycles. The van der Waals surface area contributed by atoms with Gasteiger partial charge in [0.05, 0.1) is 4.90 Å². The highest BCUT2D eigenvalue weighted by molar-refractivity contribution is 7.90. The largest absolute Gasteiger partial charge is 0.489 e. The van der Waals surface area contributed by atoms with Crippen LogP contribution in [0.25, 0.3) is 10.9 Å². The first-order chi connectivity index (χ1) is 18.7. The second-order valence-corrected chi connectivity index (χ2v) is 11.5. The molecule has 1 amide bonds. The molecule has 6 nitrogen and oxygen atoms in total. The van der Waals surface area contributed by atoms with E-state index in [1.54, 1.807) is 30.3 Å². The summed E-state index contributed by atoms with van der Waals surface area (Å²) in [6, 6.07) is 26.9. The minimum Gasteiger partial charge on any atom is -0.489 e. The monoisotopic (exact) mass is 558 g/mol. The van der Waals surface area contributed by atoms with Gasteiger partial charge in [-0.3, -0.25) is 4.79 Å². The van der Waals surface area contributed by atoms with Gasteiger partial charge in [0.15, 0.2) is 0 Å². The lowest BCUT2D eigenvalue weighted by Crippen LogP contribution is -2.30. The van der Waals surface area contributed by atoms with E-state index in [4.69, 9.17) is 16.3 Å². The van der Waals surface area contributed by atoms with Crippen molar-refractivity contribution >= 4 is 38.4 Å². The Morgan fingerprint density at radius 1 is 0.923 bits per heavy atom. The molecule has 1 heterocycles. The quantitative estimate of drug-likeness (QED) is 0.221. The van der Waals surface area contributed by atoms with E-state index in [0.717, 1.165) is 44.6 Å². The van der Waals surface area contributed by atoms with E-state index in [1.807, 2.05) is 62.4 Å². The van der Waals surface area contributed by atoms with Crippen molar-refractivity contribution < 1.29 is 17.9 Å². The van der Waals surface area contributed by atoms with Crippen molar-refractivity contribution in [1.82, 2.24) is 9.71 Å². The number of H-pyrrole nitrogens is 1. The Labute approximate surface area is 232 Å². The summed E-state index contributed by atoms with van der Waals surface area (Å²) in [5.41, 5.74) is 5.84. The van der Waals surface area contributed by atoms with Crippen molar-refractivity contribution in [3.63, 3.8) is 0 Å². The fourth-order valence-corrected chi connectivity index (χ4v) is 5.65. The number of carbonyl (C=O) groups is 1. The average Bonchev–Trinajstić information content (AvgIpc) is 3.23. The summed E-state index contributed by atoms with van der Waals surface area (Å²) in [6.45, 7) is 4.23. The van der Waals surface area contributed by atoms with Crippen LogP contribution in [0.5, 0.6) is 5.75 Å². The Bertz CT molecular complexity index is 1760. The summed E-state index contributed by atoms with van der Waals surface area (Å²) in [5.74, 6) is 0.0988.